The summed E-state index contributed by atoms with van der Waals surface area (Å²) in [5.74, 6) is -0.134. The zero-order chi connectivity index (χ0) is 16.6. The number of hydrogen-bond acceptors (Lipinski definition) is 3. The van der Waals surface area contributed by atoms with E-state index in [1.807, 2.05) is 44.2 Å². The summed E-state index contributed by atoms with van der Waals surface area (Å²) in [6, 6.07) is 9.32. The first-order chi connectivity index (χ1) is 10.4. The Balaban J connectivity index is 2.83. The molecule has 124 valence electrons. The third-order valence-electron chi connectivity index (χ3n) is 3.32. The van der Waals surface area contributed by atoms with Gasteiger partial charge in [-0.25, -0.2) is 8.42 Å². The Hall–Kier alpha value is -1.40. The summed E-state index contributed by atoms with van der Waals surface area (Å²) in [6.07, 6.45) is 2.87. The van der Waals surface area contributed by atoms with Crippen LogP contribution < -0.4 is 0 Å². The molecule has 0 N–H and O–H groups in total. The van der Waals surface area contributed by atoms with E-state index in [-0.39, 0.29) is 19.0 Å². The Morgan fingerprint density at radius 3 is 2.05 bits per heavy atom. The van der Waals surface area contributed by atoms with Crippen molar-refractivity contribution in [2.45, 2.75) is 33.2 Å². The number of sulfonamides is 1. The normalized spacial score (nSPS) is 11.6. The van der Waals surface area contributed by atoms with Gasteiger partial charge in [0.15, 0.2) is 0 Å². The van der Waals surface area contributed by atoms with Crippen LogP contribution in [0.1, 0.15) is 32.3 Å². The summed E-state index contributed by atoms with van der Waals surface area (Å²) in [4.78, 5) is 14.1. The fraction of sp³-hybridized carbons (Fsp3) is 0.562. The minimum Gasteiger partial charge on any atom is -0.342 e. The summed E-state index contributed by atoms with van der Waals surface area (Å²) < 4.78 is 25.2. The highest BCUT2D eigenvalue weighted by Gasteiger charge is 2.23. The molecule has 0 aliphatic rings. The zero-order valence-corrected chi connectivity index (χ0v) is 14.5. The van der Waals surface area contributed by atoms with E-state index in [0.717, 1.165) is 24.7 Å². The van der Waals surface area contributed by atoms with Crippen molar-refractivity contribution >= 4 is 15.9 Å². The number of nitrogens with zero attached hydrogens (tertiary/aromatic N) is 2. The van der Waals surface area contributed by atoms with Crippen molar-refractivity contribution in [1.29, 1.82) is 0 Å². The van der Waals surface area contributed by atoms with E-state index < -0.39 is 10.0 Å². The molecule has 1 aromatic carbocycles. The van der Waals surface area contributed by atoms with Crippen molar-refractivity contribution in [3.05, 3.63) is 35.9 Å². The Morgan fingerprint density at radius 2 is 1.59 bits per heavy atom. The highest BCUT2D eigenvalue weighted by molar-refractivity contribution is 7.88. The van der Waals surface area contributed by atoms with E-state index in [4.69, 9.17) is 0 Å². The molecule has 1 aromatic rings. The maximum Gasteiger partial charge on any atom is 0.237 e. The standard InChI is InChI=1S/C16H26N2O3S/c1-4-11-17(12-5-2)16(19)14-18(22(3,20)21)13-15-9-7-6-8-10-15/h6-10H,4-5,11-14H2,1-3H3. The Bertz CT molecular complexity index is 552. The van der Waals surface area contributed by atoms with Crippen LogP contribution >= 0.6 is 0 Å². The van der Waals surface area contributed by atoms with Gasteiger partial charge in [-0.2, -0.15) is 4.31 Å². The number of benzene rings is 1. The molecule has 6 heteroatoms. The van der Waals surface area contributed by atoms with Gasteiger partial charge >= 0.3 is 0 Å². The second-order valence-corrected chi connectivity index (χ2v) is 7.38. The summed E-state index contributed by atoms with van der Waals surface area (Å²) >= 11 is 0. The van der Waals surface area contributed by atoms with Crippen LogP contribution in [0, 0.1) is 0 Å². The van der Waals surface area contributed by atoms with Crippen molar-refractivity contribution in [3.63, 3.8) is 0 Å². The summed E-state index contributed by atoms with van der Waals surface area (Å²) in [6.45, 7) is 5.46. The van der Waals surface area contributed by atoms with E-state index in [0.29, 0.717) is 13.1 Å². The van der Waals surface area contributed by atoms with Crippen LogP contribution in [0.5, 0.6) is 0 Å². The molecule has 0 saturated heterocycles. The van der Waals surface area contributed by atoms with Gasteiger partial charge in [0.2, 0.25) is 15.9 Å². The average molecular weight is 326 g/mol. The predicted molar refractivity (Wildman–Crippen MR) is 88.9 cm³/mol. The molecular weight excluding hydrogens is 300 g/mol. The lowest BCUT2D eigenvalue weighted by molar-refractivity contribution is -0.131. The molecule has 0 unspecified atom stereocenters. The molecule has 22 heavy (non-hydrogen) atoms. The van der Waals surface area contributed by atoms with Crippen molar-refractivity contribution in [3.8, 4) is 0 Å². The second-order valence-electron chi connectivity index (χ2n) is 5.40. The van der Waals surface area contributed by atoms with Crippen LogP contribution in [-0.4, -0.2) is 49.4 Å². The van der Waals surface area contributed by atoms with Gasteiger partial charge < -0.3 is 4.90 Å². The lowest BCUT2D eigenvalue weighted by Gasteiger charge is -2.26. The van der Waals surface area contributed by atoms with Gasteiger partial charge in [-0.3, -0.25) is 4.79 Å². The second kappa shape index (κ2) is 8.90. The van der Waals surface area contributed by atoms with Gasteiger partial charge in [-0.05, 0) is 18.4 Å². The maximum absolute atomic E-state index is 12.4. The van der Waals surface area contributed by atoms with E-state index in [2.05, 4.69) is 0 Å². The first kappa shape index (κ1) is 18.6. The summed E-state index contributed by atoms with van der Waals surface area (Å²) in [7, 11) is -3.44. The third-order valence-corrected chi connectivity index (χ3v) is 4.52. The number of amides is 1. The summed E-state index contributed by atoms with van der Waals surface area (Å²) in [5.41, 5.74) is 0.873. The molecule has 0 saturated carbocycles. The molecule has 0 aliphatic carbocycles. The van der Waals surface area contributed by atoms with E-state index in [9.17, 15) is 13.2 Å². The van der Waals surface area contributed by atoms with Gasteiger partial charge in [0.05, 0.1) is 12.8 Å². The molecule has 5 nitrogen and oxygen atoms in total. The SMILES string of the molecule is CCCN(CCC)C(=O)CN(Cc1ccccc1)S(C)(=O)=O. The largest absolute Gasteiger partial charge is 0.342 e. The zero-order valence-electron chi connectivity index (χ0n) is 13.7. The molecule has 0 radical (unpaired) electrons. The first-order valence-electron chi connectivity index (χ1n) is 7.65. The molecule has 0 aromatic heterocycles. The number of carbonyl (C=O) groups excluding carboxylic acids is 1. The number of carbonyl (C=O) groups is 1. The van der Waals surface area contributed by atoms with Crippen LogP contribution in [0.2, 0.25) is 0 Å². The summed E-state index contributed by atoms with van der Waals surface area (Å²) in [5, 5.41) is 0. The van der Waals surface area contributed by atoms with Crippen LogP contribution in [0.15, 0.2) is 30.3 Å². The minimum atomic E-state index is -3.44. The Morgan fingerprint density at radius 1 is 1.05 bits per heavy atom. The van der Waals surface area contributed by atoms with Gasteiger partial charge in [-0.1, -0.05) is 44.2 Å². The molecule has 0 atom stereocenters. The Labute approximate surface area is 134 Å². The maximum atomic E-state index is 12.4. The molecule has 1 amide bonds. The van der Waals surface area contributed by atoms with Gasteiger partial charge in [0.1, 0.15) is 0 Å². The first-order valence-corrected chi connectivity index (χ1v) is 9.50. The van der Waals surface area contributed by atoms with Crippen molar-refractivity contribution in [2.24, 2.45) is 0 Å². The lowest BCUT2D eigenvalue weighted by atomic mass is 10.2. The monoisotopic (exact) mass is 326 g/mol. The molecule has 0 heterocycles. The van der Waals surface area contributed by atoms with Crippen LogP contribution in [0.3, 0.4) is 0 Å². The van der Waals surface area contributed by atoms with Crippen molar-refractivity contribution in [2.75, 3.05) is 25.9 Å². The van der Waals surface area contributed by atoms with Gasteiger partial charge in [-0.15, -0.1) is 0 Å². The third kappa shape index (κ3) is 6.15. The molecular formula is C16H26N2O3S. The Kier molecular flexibility index (Phi) is 7.55. The molecule has 0 bridgehead atoms. The molecule has 0 aliphatic heterocycles. The molecule has 0 fully saturated rings. The van der Waals surface area contributed by atoms with Crippen LogP contribution in [0.25, 0.3) is 0 Å². The predicted octanol–water partition coefficient (Wildman–Crippen LogP) is 2.10. The number of rotatable bonds is 9. The minimum absolute atomic E-state index is 0.103. The van der Waals surface area contributed by atoms with Gasteiger partial charge in [0, 0.05) is 19.6 Å². The molecule has 0 spiro atoms. The van der Waals surface area contributed by atoms with Crippen molar-refractivity contribution in [1.82, 2.24) is 9.21 Å². The van der Waals surface area contributed by atoms with Gasteiger partial charge in [0.25, 0.3) is 0 Å². The van der Waals surface area contributed by atoms with Crippen LogP contribution in [0.4, 0.5) is 0 Å². The lowest BCUT2D eigenvalue weighted by Crippen LogP contribution is -2.42. The van der Waals surface area contributed by atoms with Crippen LogP contribution in [-0.2, 0) is 21.4 Å². The number of hydrogen-bond donors (Lipinski definition) is 0. The van der Waals surface area contributed by atoms with Crippen molar-refractivity contribution < 1.29 is 13.2 Å². The van der Waals surface area contributed by atoms with E-state index in [1.165, 1.54) is 4.31 Å². The van der Waals surface area contributed by atoms with E-state index >= 15 is 0 Å². The van der Waals surface area contributed by atoms with E-state index in [1.54, 1.807) is 4.90 Å². The highest BCUT2D eigenvalue weighted by atomic mass is 32.2. The topological polar surface area (TPSA) is 57.7 Å². The fourth-order valence-corrected chi connectivity index (χ4v) is 2.96. The average Bonchev–Trinajstić information content (AvgIpc) is 2.46. The fourth-order valence-electron chi connectivity index (χ4n) is 2.23. The smallest absolute Gasteiger partial charge is 0.237 e. The quantitative estimate of drug-likeness (QED) is 0.698. The molecule has 1 rings (SSSR count). The highest BCUT2D eigenvalue weighted by Crippen LogP contribution is 2.09.